The standard InChI is InChI=1S/C14H20BrN3O2S/c1-11-2-3-14(13(15)8-11)21(19,20)18-9-12(10-18)17-6-4-16-5-7-17/h2-3,8,12,16H,4-7,9-10H2,1H3. The van der Waals surface area contributed by atoms with Crippen LogP contribution in [0.1, 0.15) is 5.56 Å². The molecule has 0 spiro atoms. The van der Waals surface area contributed by atoms with Crippen molar-refractivity contribution in [1.82, 2.24) is 14.5 Å². The molecule has 0 amide bonds. The topological polar surface area (TPSA) is 52.7 Å². The Morgan fingerprint density at radius 1 is 1.24 bits per heavy atom. The molecule has 0 atom stereocenters. The van der Waals surface area contributed by atoms with Gasteiger partial charge in [0, 0.05) is 49.8 Å². The summed E-state index contributed by atoms with van der Waals surface area (Å²) in [5.41, 5.74) is 1.04. The lowest BCUT2D eigenvalue weighted by atomic mass is 10.1. The molecule has 2 aliphatic heterocycles. The largest absolute Gasteiger partial charge is 0.314 e. The fourth-order valence-corrected chi connectivity index (χ4v) is 5.51. The Labute approximate surface area is 134 Å². The van der Waals surface area contributed by atoms with E-state index in [1.54, 1.807) is 10.4 Å². The van der Waals surface area contributed by atoms with Gasteiger partial charge >= 0.3 is 0 Å². The van der Waals surface area contributed by atoms with Gasteiger partial charge in [0.1, 0.15) is 0 Å². The Kier molecular flexibility index (Phi) is 4.38. The average molecular weight is 374 g/mol. The molecule has 1 aromatic rings. The fraction of sp³-hybridized carbons (Fsp3) is 0.571. The molecule has 0 saturated carbocycles. The van der Waals surface area contributed by atoms with Crippen LogP contribution in [0.25, 0.3) is 0 Å². The molecular weight excluding hydrogens is 354 g/mol. The Balaban J connectivity index is 1.70. The zero-order valence-corrected chi connectivity index (χ0v) is 14.5. The second kappa shape index (κ2) is 5.96. The van der Waals surface area contributed by atoms with Crippen molar-refractivity contribution in [1.29, 1.82) is 0 Å². The molecule has 116 valence electrons. The van der Waals surface area contributed by atoms with E-state index in [2.05, 4.69) is 26.1 Å². The van der Waals surface area contributed by atoms with Crippen molar-refractivity contribution in [3.63, 3.8) is 0 Å². The van der Waals surface area contributed by atoms with Crippen molar-refractivity contribution >= 4 is 26.0 Å². The molecule has 1 aromatic carbocycles. The van der Waals surface area contributed by atoms with Crippen LogP contribution in [0.3, 0.4) is 0 Å². The predicted molar refractivity (Wildman–Crippen MR) is 85.9 cm³/mol. The second-order valence-electron chi connectivity index (χ2n) is 5.70. The third-order valence-electron chi connectivity index (χ3n) is 4.20. The molecule has 2 saturated heterocycles. The minimum absolute atomic E-state index is 0.367. The Hall–Kier alpha value is -0.470. The van der Waals surface area contributed by atoms with Crippen LogP contribution in [0.5, 0.6) is 0 Å². The number of nitrogens with zero attached hydrogens (tertiary/aromatic N) is 2. The number of rotatable bonds is 3. The van der Waals surface area contributed by atoms with Gasteiger partial charge in [-0.3, -0.25) is 4.90 Å². The molecular formula is C14H20BrN3O2S. The third kappa shape index (κ3) is 3.03. The summed E-state index contributed by atoms with van der Waals surface area (Å²) in [5.74, 6) is 0. The highest BCUT2D eigenvalue weighted by atomic mass is 79.9. The highest BCUT2D eigenvalue weighted by Gasteiger charge is 2.40. The molecule has 3 rings (SSSR count). The van der Waals surface area contributed by atoms with E-state index >= 15 is 0 Å². The predicted octanol–water partition coefficient (Wildman–Crippen LogP) is 1.04. The van der Waals surface area contributed by atoms with E-state index in [-0.39, 0.29) is 0 Å². The molecule has 0 radical (unpaired) electrons. The number of hydrogen-bond acceptors (Lipinski definition) is 4. The van der Waals surface area contributed by atoms with Crippen molar-refractivity contribution in [2.24, 2.45) is 0 Å². The number of hydrogen-bond donors (Lipinski definition) is 1. The van der Waals surface area contributed by atoms with Gasteiger partial charge in [0.15, 0.2) is 0 Å². The number of halogens is 1. The lowest BCUT2D eigenvalue weighted by Crippen LogP contribution is -2.63. The zero-order valence-electron chi connectivity index (χ0n) is 12.0. The summed E-state index contributed by atoms with van der Waals surface area (Å²) in [6, 6.07) is 5.74. The van der Waals surface area contributed by atoms with Gasteiger partial charge < -0.3 is 5.32 Å². The van der Waals surface area contributed by atoms with Crippen LogP contribution in [0.15, 0.2) is 27.6 Å². The smallest absolute Gasteiger partial charge is 0.244 e. The van der Waals surface area contributed by atoms with Crippen LogP contribution >= 0.6 is 15.9 Å². The summed E-state index contributed by atoms with van der Waals surface area (Å²) in [7, 11) is -3.38. The number of sulfonamides is 1. The minimum Gasteiger partial charge on any atom is -0.314 e. The fourth-order valence-electron chi connectivity index (χ4n) is 2.85. The molecule has 5 nitrogen and oxygen atoms in total. The molecule has 1 N–H and O–H groups in total. The Morgan fingerprint density at radius 2 is 1.90 bits per heavy atom. The summed E-state index contributed by atoms with van der Waals surface area (Å²) in [5, 5.41) is 3.32. The van der Waals surface area contributed by atoms with E-state index in [0.717, 1.165) is 31.7 Å². The van der Waals surface area contributed by atoms with Crippen molar-refractivity contribution in [2.45, 2.75) is 17.9 Å². The van der Waals surface area contributed by atoms with Gasteiger partial charge in [0.05, 0.1) is 4.90 Å². The molecule has 0 aromatic heterocycles. The van der Waals surface area contributed by atoms with E-state index in [9.17, 15) is 8.42 Å². The summed E-state index contributed by atoms with van der Waals surface area (Å²) in [6.07, 6.45) is 0. The van der Waals surface area contributed by atoms with Crippen LogP contribution in [0.2, 0.25) is 0 Å². The van der Waals surface area contributed by atoms with Crippen LogP contribution in [-0.4, -0.2) is 62.9 Å². The molecule has 0 bridgehead atoms. The van der Waals surface area contributed by atoms with Crippen molar-refractivity contribution in [2.75, 3.05) is 39.3 Å². The summed E-state index contributed by atoms with van der Waals surface area (Å²) >= 11 is 3.37. The van der Waals surface area contributed by atoms with Gasteiger partial charge in [0.2, 0.25) is 10.0 Å². The normalized spacial score (nSPS) is 22.2. The van der Waals surface area contributed by atoms with Crippen molar-refractivity contribution in [3.8, 4) is 0 Å². The van der Waals surface area contributed by atoms with Crippen LogP contribution < -0.4 is 5.32 Å². The van der Waals surface area contributed by atoms with Gasteiger partial charge in [-0.05, 0) is 40.5 Å². The maximum Gasteiger partial charge on any atom is 0.244 e. The lowest BCUT2D eigenvalue weighted by molar-refractivity contribution is 0.0773. The second-order valence-corrected chi connectivity index (χ2v) is 8.46. The quantitative estimate of drug-likeness (QED) is 0.859. The summed E-state index contributed by atoms with van der Waals surface area (Å²) in [4.78, 5) is 2.75. The first kappa shape index (κ1) is 15.4. The van der Waals surface area contributed by atoms with Gasteiger partial charge in [-0.2, -0.15) is 4.31 Å². The summed E-state index contributed by atoms with van der Waals surface area (Å²) in [6.45, 7) is 7.15. The number of nitrogens with one attached hydrogen (secondary N) is 1. The SMILES string of the molecule is Cc1ccc(S(=O)(=O)N2CC(N3CCNCC3)C2)c(Br)c1. The number of piperazine rings is 1. The molecule has 2 heterocycles. The first-order valence-electron chi connectivity index (χ1n) is 7.19. The molecule has 7 heteroatoms. The molecule has 21 heavy (non-hydrogen) atoms. The summed E-state index contributed by atoms with van der Waals surface area (Å²) < 4.78 is 27.5. The van der Waals surface area contributed by atoms with E-state index in [0.29, 0.717) is 28.5 Å². The van der Waals surface area contributed by atoms with E-state index in [1.807, 2.05) is 19.1 Å². The van der Waals surface area contributed by atoms with Crippen molar-refractivity contribution in [3.05, 3.63) is 28.2 Å². The van der Waals surface area contributed by atoms with E-state index in [1.165, 1.54) is 0 Å². The van der Waals surface area contributed by atoms with Gasteiger partial charge in [-0.15, -0.1) is 0 Å². The third-order valence-corrected chi connectivity index (χ3v) is 7.01. The van der Waals surface area contributed by atoms with Crippen LogP contribution in [0.4, 0.5) is 0 Å². The average Bonchev–Trinajstić information content (AvgIpc) is 2.37. The number of benzene rings is 1. The van der Waals surface area contributed by atoms with Crippen molar-refractivity contribution < 1.29 is 8.42 Å². The maximum atomic E-state index is 12.6. The number of aryl methyl sites for hydroxylation is 1. The van der Waals surface area contributed by atoms with Crippen LogP contribution in [0, 0.1) is 6.92 Å². The molecule has 0 aliphatic carbocycles. The van der Waals surface area contributed by atoms with Gasteiger partial charge in [-0.25, -0.2) is 8.42 Å². The Bertz CT molecular complexity index is 623. The van der Waals surface area contributed by atoms with Gasteiger partial charge in [-0.1, -0.05) is 6.07 Å². The first-order valence-corrected chi connectivity index (χ1v) is 9.43. The highest BCUT2D eigenvalue weighted by molar-refractivity contribution is 9.10. The molecule has 2 fully saturated rings. The van der Waals surface area contributed by atoms with E-state index < -0.39 is 10.0 Å². The molecule has 2 aliphatic rings. The molecule has 0 unspecified atom stereocenters. The van der Waals surface area contributed by atoms with Gasteiger partial charge in [0.25, 0.3) is 0 Å². The highest BCUT2D eigenvalue weighted by Crippen LogP contribution is 2.29. The lowest BCUT2D eigenvalue weighted by Gasteiger charge is -2.45. The van der Waals surface area contributed by atoms with Crippen LogP contribution in [-0.2, 0) is 10.0 Å². The monoisotopic (exact) mass is 373 g/mol. The maximum absolute atomic E-state index is 12.6. The minimum atomic E-state index is -3.38. The Morgan fingerprint density at radius 3 is 2.52 bits per heavy atom. The zero-order chi connectivity index (χ0) is 15.0. The van der Waals surface area contributed by atoms with E-state index in [4.69, 9.17) is 0 Å². The first-order chi connectivity index (χ1) is 9.98.